The highest BCUT2D eigenvalue weighted by Gasteiger charge is 2.39. The van der Waals surface area contributed by atoms with Crippen LogP contribution in [0.4, 0.5) is 18.4 Å². The molecule has 4 atom stereocenters. The number of likely N-dealkylation sites (tertiary alicyclic amines) is 2. The van der Waals surface area contributed by atoms with Gasteiger partial charge in [0, 0.05) is 24.2 Å². The Morgan fingerprint density at radius 2 is 1.09 bits per heavy atom. The minimum Gasteiger partial charge on any atom is -0.453 e. The summed E-state index contributed by atoms with van der Waals surface area (Å²) >= 11 is 0. The zero-order valence-corrected chi connectivity index (χ0v) is 32.3. The Morgan fingerprint density at radius 3 is 1.43 bits per heavy atom. The highest BCUT2D eigenvalue weighted by molar-refractivity contribution is 5.87. The normalized spacial score (nSPS) is 18.0. The maximum Gasteiger partial charge on any atom is 0.407 e. The summed E-state index contributed by atoms with van der Waals surface area (Å²) in [4.78, 5) is 69.6. The van der Waals surface area contributed by atoms with Crippen LogP contribution in [0.3, 0.4) is 0 Å². The van der Waals surface area contributed by atoms with Gasteiger partial charge in [-0.25, -0.2) is 28.3 Å². The Bertz CT molecular complexity index is 1940. The van der Waals surface area contributed by atoms with Gasteiger partial charge in [0.1, 0.15) is 35.4 Å². The number of hydrogen-bond donors (Lipinski definition) is 4. The van der Waals surface area contributed by atoms with Gasteiger partial charge in [0.2, 0.25) is 11.8 Å². The first-order chi connectivity index (χ1) is 26.8. The largest absolute Gasteiger partial charge is 0.453 e. The molecule has 2 aliphatic rings. The van der Waals surface area contributed by atoms with Gasteiger partial charge in [0.15, 0.2) is 0 Å². The predicted molar refractivity (Wildman–Crippen MR) is 203 cm³/mol. The molecule has 2 aromatic heterocycles. The van der Waals surface area contributed by atoms with Crippen LogP contribution in [0, 0.1) is 23.5 Å². The quantitative estimate of drug-likeness (QED) is 0.134. The highest BCUT2D eigenvalue weighted by Crippen LogP contribution is 2.36. The number of carbonyl (C=O) groups is 4. The van der Waals surface area contributed by atoms with Gasteiger partial charge in [-0.3, -0.25) is 9.59 Å². The molecule has 2 aromatic carbocycles. The molecule has 4 heterocycles. The van der Waals surface area contributed by atoms with Crippen molar-refractivity contribution in [1.29, 1.82) is 0 Å². The summed E-state index contributed by atoms with van der Waals surface area (Å²) in [5, 5.41) is 5.26. The summed E-state index contributed by atoms with van der Waals surface area (Å²) in [6.45, 7) is 8.34. The fraction of sp³-hybridized carbons (Fsp3) is 0.450. The molecule has 0 aliphatic carbocycles. The molecule has 4 aromatic rings. The Hall–Kier alpha value is -5.80. The van der Waals surface area contributed by atoms with E-state index in [1.54, 1.807) is 34.1 Å². The van der Waals surface area contributed by atoms with Gasteiger partial charge < -0.3 is 39.9 Å². The fourth-order valence-corrected chi connectivity index (χ4v) is 7.50. The van der Waals surface area contributed by atoms with Gasteiger partial charge in [0.25, 0.3) is 0 Å². The number of nitrogens with one attached hydrogen (secondary N) is 4. The number of ether oxygens (including phenoxy) is 2. The first-order valence-corrected chi connectivity index (χ1v) is 18.8. The third-order valence-corrected chi connectivity index (χ3v) is 10.5. The molecule has 6 rings (SSSR count). The summed E-state index contributed by atoms with van der Waals surface area (Å²) < 4.78 is 40.8. The number of carbonyl (C=O) groups excluding carboxylic acids is 4. The van der Waals surface area contributed by atoms with Gasteiger partial charge in [0.05, 0.1) is 50.1 Å². The number of imidazole rings is 2. The van der Waals surface area contributed by atoms with E-state index in [2.05, 4.69) is 30.6 Å². The maximum absolute atomic E-state index is 15.7. The highest BCUT2D eigenvalue weighted by atomic mass is 19.1. The maximum atomic E-state index is 15.7. The van der Waals surface area contributed by atoms with E-state index in [0.29, 0.717) is 60.1 Å². The van der Waals surface area contributed by atoms with Crippen molar-refractivity contribution in [3.63, 3.8) is 0 Å². The summed E-state index contributed by atoms with van der Waals surface area (Å²) in [5.41, 5.74) is 2.31. The number of rotatable bonds is 11. The van der Waals surface area contributed by atoms with Crippen molar-refractivity contribution in [3.8, 4) is 33.6 Å². The fourth-order valence-electron chi connectivity index (χ4n) is 7.50. The van der Waals surface area contributed by atoms with Gasteiger partial charge in [-0.05, 0) is 72.9 Å². The molecule has 4 amide bonds. The van der Waals surface area contributed by atoms with Crippen LogP contribution in [0.1, 0.15) is 77.1 Å². The molecule has 16 heteroatoms. The third-order valence-electron chi connectivity index (χ3n) is 10.5. The molecule has 0 radical (unpaired) electrons. The lowest BCUT2D eigenvalue weighted by molar-refractivity contribution is -0.136. The van der Waals surface area contributed by atoms with Crippen molar-refractivity contribution in [2.75, 3.05) is 27.3 Å². The smallest absolute Gasteiger partial charge is 0.407 e. The predicted octanol–water partition coefficient (Wildman–Crippen LogP) is 6.50. The van der Waals surface area contributed by atoms with E-state index < -0.39 is 35.9 Å². The van der Waals surface area contributed by atoms with Gasteiger partial charge in [-0.15, -0.1) is 0 Å². The third kappa shape index (κ3) is 8.23. The van der Waals surface area contributed by atoms with Crippen molar-refractivity contribution in [1.82, 2.24) is 40.4 Å². The van der Waals surface area contributed by atoms with E-state index in [1.807, 2.05) is 27.7 Å². The van der Waals surface area contributed by atoms with Crippen LogP contribution in [0.15, 0.2) is 48.8 Å². The Labute approximate surface area is 323 Å². The minimum atomic E-state index is -0.777. The minimum absolute atomic E-state index is 0.180. The van der Waals surface area contributed by atoms with Gasteiger partial charge >= 0.3 is 12.2 Å². The average Bonchev–Trinajstić information content (AvgIpc) is 4.01. The lowest BCUT2D eigenvalue weighted by atomic mass is 10.00. The zero-order valence-electron chi connectivity index (χ0n) is 32.3. The van der Waals surface area contributed by atoms with E-state index in [4.69, 9.17) is 9.47 Å². The topological polar surface area (TPSA) is 175 Å². The molecule has 0 bridgehead atoms. The molecular formula is C40H48F2N8O6. The molecule has 0 unspecified atom stereocenters. The van der Waals surface area contributed by atoms with Crippen LogP contribution < -0.4 is 10.6 Å². The molecule has 0 saturated carbocycles. The lowest BCUT2D eigenvalue weighted by Gasteiger charge is -2.30. The van der Waals surface area contributed by atoms with E-state index in [9.17, 15) is 19.2 Å². The van der Waals surface area contributed by atoms with Crippen molar-refractivity contribution >= 4 is 24.0 Å². The number of nitrogens with zero attached hydrogens (tertiary/aromatic N) is 4. The summed E-state index contributed by atoms with van der Waals surface area (Å²) in [6.07, 6.45) is 4.46. The van der Waals surface area contributed by atoms with Gasteiger partial charge in [-0.2, -0.15) is 0 Å². The van der Waals surface area contributed by atoms with Crippen molar-refractivity contribution in [2.45, 2.75) is 77.5 Å². The lowest BCUT2D eigenvalue weighted by Crippen LogP contribution is -2.51. The van der Waals surface area contributed by atoms with Crippen molar-refractivity contribution in [3.05, 3.63) is 72.1 Å². The first kappa shape index (κ1) is 39.9. The summed E-state index contributed by atoms with van der Waals surface area (Å²) in [5.74, 6) is -0.912. The number of hydrogen-bond acceptors (Lipinski definition) is 8. The second kappa shape index (κ2) is 16.9. The van der Waals surface area contributed by atoms with Crippen LogP contribution in [0.2, 0.25) is 0 Å². The summed E-state index contributed by atoms with van der Waals surface area (Å²) in [6, 6.07) is 6.95. The van der Waals surface area contributed by atoms with Crippen LogP contribution in [0.25, 0.3) is 33.6 Å². The molecule has 2 aliphatic heterocycles. The number of benzene rings is 2. The molecule has 2 saturated heterocycles. The number of amides is 4. The second-order valence-corrected chi connectivity index (χ2v) is 14.8. The Balaban J connectivity index is 1.16. The van der Waals surface area contributed by atoms with Crippen LogP contribution in [-0.4, -0.2) is 93.1 Å². The average molecular weight is 775 g/mol. The number of halogens is 2. The van der Waals surface area contributed by atoms with E-state index in [-0.39, 0.29) is 46.9 Å². The number of aromatic amines is 2. The number of methoxy groups -OCH3 is 2. The molecule has 4 N–H and O–H groups in total. The molecule has 298 valence electrons. The van der Waals surface area contributed by atoms with Crippen LogP contribution in [-0.2, 0) is 19.1 Å². The monoisotopic (exact) mass is 774 g/mol. The number of alkyl carbamates (subject to hydrolysis) is 2. The zero-order chi connectivity index (χ0) is 40.3. The van der Waals surface area contributed by atoms with E-state index in [1.165, 1.54) is 38.7 Å². The molecule has 2 fully saturated rings. The molecule has 0 spiro atoms. The molecule has 56 heavy (non-hydrogen) atoms. The van der Waals surface area contributed by atoms with Crippen LogP contribution >= 0.6 is 0 Å². The van der Waals surface area contributed by atoms with Gasteiger partial charge in [-0.1, -0.05) is 39.8 Å². The van der Waals surface area contributed by atoms with Crippen molar-refractivity contribution in [2.24, 2.45) is 11.8 Å². The number of H-pyrrole nitrogens is 2. The van der Waals surface area contributed by atoms with Crippen LogP contribution in [0.5, 0.6) is 0 Å². The first-order valence-electron chi connectivity index (χ1n) is 18.8. The molecular weight excluding hydrogens is 726 g/mol. The van der Waals surface area contributed by atoms with E-state index >= 15 is 8.78 Å². The Morgan fingerprint density at radius 1 is 0.696 bits per heavy atom. The standard InChI is InChI=1S/C40H48F2N8O6/c1-21(2)33(47-39(53)55-5)37(51)49-15-7-9-31(49)35-43-19-29(45-35)25-13-11-23(17-27(25)41)24-12-14-26(28(42)18-24)30-20-44-36(46-30)32-10-8-16-50(32)38(52)34(22(3)4)48-40(54)56-6/h11-14,17-22,31-34H,7-10,15-16H2,1-6H3,(H,43,45)(H,44,46)(H,47,53)(H,48,54)/t31-,32-,33-,34-/m0/s1. The van der Waals surface area contributed by atoms with Crippen molar-refractivity contribution < 1.29 is 37.4 Å². The summed E-state index contributed by atoms with van der Waals surface area (Å²) in [7, 11) is 2.49. The second-order valence-electron chi connectivity index (χ2n) is 14.8. The molecule has 14 nitrogen and oxygen atoms in total. The SMILES string of the molecule is COC(=O)N[C@H](C(=O)N1CCC[C@H]1c1ncc(-c2ccc(-c3ccc(-c4cnc([C@@H]5CCCN5C(=O)[C@@H](NC(=O)OC)C(C)C)[nH]4)c(F)c3)cc2F)[nH]1)C(C)C. The van der Waals surface area contributed by atoms with E-state index in [0.717, 1.165) is 12.8 Å². The Kier molecular flexibility index (Phi) is 12.0. The number of aromatic nitrogens is 4.